The summed E-state index contributed by atoms with van der Waals surface area (Å²) in [5.41, 5.74) is 2.38. The Bertz CT molecular complexity index is 984. The number of benzene rings is 2. The van der Waals surface area contributed by atoms with Crippen LogP contribution in [0, 0.1) is 5.92 Å². The first kappa shape index (κ1) is 21.3. The van der Waals surface area contributed by atoms with Gasteiger partial charge in [-0.2, -0.15) is 0 Å². The molecule has 1 aliphatic heterocycles. The summed E-state index contributed by atoms with van der Waals surface area (Å²) in [6, 6.07) is 15.1. The first-order valence-electron chi connectivity index (χ1n) is 9.46. The fraction of sp³-hybridized carbons (Fsp3) is 0.217. The first-order valence-corrected chi connectivity index (χ1v) is 10.6. The van der Waals surface area contributed by atoms with Crippen LogP contribution in [0.4, 0.5) is 5.69 Å². The number of carbonyl (C=O) groups excluding carboxylic acids is 1. The number of allylic oxidation sites excluding steroid dienone is 3. The molecule has 29 heavy (non-hydrogen) atoms. The number of anilines is 1. The largest absolute Gasteiger partial charge is 0.364 e. The van der Waals surface area contributed by atoms with E-state index in [9.17, 15) is 4.79 Å². The van der Waals surface area contributed by atoms with Crippen molar-refractivity contribution < 1.29 is 4.79 Å². The van der Waals surface area contributed by atoms with Gasteiger partial charge >= 0.3 is 0 Å². The molecule has 0 spiro atoms. The maximum absolute atomic E-state index is 12.5. The highest BCUT2D eigenvalue weighted by molar-refractivity contribution is 9.10. The number of amides is 1. The summed E-state index contributed by atoms with van der Waals surface area (Å²) in [5, 5.41) is 6.83. The van der Waals surface area contributed by atoms with Crippen LogP contribution in [-0.4, -0.2) is 11.1 Å². The minimum Gasteiger partial charge on any atom is -0.364 e. The van der Waals surface area contributed by atoms with Crippen molar-refractivity contribution in [3.8, 4) is 0 Å². The Morgan fingerprint density at radius 1 is 1.24 bits per heavy atom. The third kappa shape index (κ3) is 6.31. The van der Waals surface area contributed by atoms with Gasteiger partial charge in [-0.1, -0.05) is 58.7 Å². The van der Waals surface area contributed by atoms with Crippen molar-refractivity contribution >= 4 is 44.3 Å². The van der Waals surface area contributed by atoms with Gasteiger partial charge in [0.2, 0.25) is 0 Å². The van der Waals surface area contributed by atoms with Crippen LogP contribution in [0.15, 0.2) is 82.0 Å². The second kappa shape index (κ2) is 9.90. The molecule has 0 saturated heterocycles. The number of carbonyl (C=O) groups is 1. The molecule has 2 N–H and O–H groups in total. The summed E-state index contributed by atoms with van der Waals surface area (Å²) in [6.45, 7) is 4.20. The van der Waals surface area contributed by atoms with Gasteiger partial charge in [-0.05, 0) is 67.3 Å². The Hall–Kier alpha value is -2.37. The van der Waals surface area contributed by atoms with Gasteiger partial charge in [-0.25, -0.2) is 4.99 Å². The highest BCUT2D eigenvalue weighted by atomic mass is 79.9. The van der Waals surface area contributed by atoms with Crippen LogP contribution in [0.25, 0.3) is 0 Å². The third-order valence-corrected chi connectivity index (χ3v) is 5.23. The summed E-state index contributed by atoms with van der Waals surface area (Å²) in [5.74, 6) is 0.969. The van der Waals surface area contributed by atoms with Crippen LogP contribution in [0.1, 0.15) is 42.2 Å². The van der Waals surface area contributed by atoms with Gasteiger partial charge in [-0.15, -0.1) is 0 Å². The topological polar surface area (TPSA) is 53.5 Å². The smallest absolute Gasteiger partial charge is 0.255 e. The fourth-order valence-corrected chi connectivity index (χ4v) is 3.59. The van der Waals surface area contributed by atoms with Gasteiger partial charge in [0.15, 0.2) is 0 Å². The molecule has 0 fully saturated rings. The molecule has 1 aliphatic rings. The average molecular weight is 473 g/mol. The zero-order chi connectivity index (χ0) is 20.8. The molecular formula is C23H23BrClN3O. The molecule has 0 saturated carbocycles. The predicted molar refractivity (Wildman–Crippen MR) is 124 cm³/mol. The molecule has 0 bridgehead atoms. The van der Waals surface area contributed by atoms with E-state index in [2.05, 4.69) is 51.5 Å². The molecule has 3 rings (SSSR count). The molecule has 150 valence electrons. The summed E-state index contributed by atoms with van der Waals surface area (Å²) in [6.07, 6.45) is 6.86. The minimum atomic E-state index is -0.149. The van der Waals surface area contributed by atoms with Crippen molar-refractivity contribution in [2.24, 2.45) is 10.9 Å². The average Bonchev–Trinajstić information content (AvgIpc) is 2.67. The number of halogens is 2. The van der Waals surface area contributed by atoms with Crippen LogP contribution in [0.5, 0.6) is 0 Å². The zero-order valence-electron chi connectivity index (χ0n) is 16.3. The molecule has 1 unspecified atom stereocenters. The molecule has 6 heteroatoms. The Balaban J connectivity index is 1.73. The number of nitrogens with zero attached hydrogens (tertiary/aromatic N) is 1. The van der Waals surface area contributed by atoms with Crippen LogP contribution in [0.2, 0.25) is 0 Å². The standard InChI is InChI=1S/C23H23BrClN3O/c1-15-6-3-11-21(25)28-22(12-15)26-16(2)17-7-5-10-20(14-17)27-23(29)18-8-4-9-19(24)13-18/h3-5,7-16,26H,6H2,1-2H3,(H,27,29)/b11-3+,22-12-,28-21+/t15?,16-/m0/s1. The number of nitrogens with one attached hydrogen (secondary N) is 2. The predicted octanol–water partition coefficient (Wildman–Crippen LogP) is 6.43. The highest BCUT2D eigenvalue weighted by Crippen LogP contribution is 2.21. The normalized spacial score (nSPS) is 22.1. The van der Waals surface area contributed by atoms with Gasteiger partial charge in [0.25, 0.3) is 5.91 Å². The number of hydrogen-bond acceptors (Lipinski definition) is 3. The molecule has 4 nitrogen and oxygen atoms in total. The van der Waals surface area contributed by atoms with Crippen molar-refractivity contribution in [1.82, 2.24) is 5.32 Å². The number of hydrogen-bond donors (Lipinski definition) is 2. The fourth-order valence-electron chi connectivity index (χ4n) is 3.01. The van der Waals surface area contributed by atoms with E-state index < -0.39 is 0 Å². The number of aliphatic imine (C=N–C) groups is 1. The summed E-state index contributed by atoms with van der Waals surface area (Å²) < 4.78 is 0.868. The quantitative estimate of drug-likeness (QED) is 0.527. The van der Waals surface area contributed by atoms with Gasteiger partial charge in [0.05, 0.1) is 6.04 Å². The molecule has 1 amide bonds. The summed E-state index contributed by atoms with van der Waals surface area (Å²) in [7, 11) is 0. The lowest BCUT2D eigenvalue weighted by atomic mass is 10.1. The molecule has 2 aromatic rings. The lowest BCUT2D eigenvalue weighted by Gasteiger charge is -2.19. The second-order valence-electron chi connectivity index (χ2n) is 7.06. The van der Waals surface area contributed by atoms with Gasteiger partial charge in [-0.3, -0.25) is 4.79 Å². The molecule has 0 aliphatic carbocycles. The van der Waals surface area contributed by atoms with Crippen molar-refractivity contribution in [2.45, 2.75) is 26.3 Å². The lowest BCUT2D eigenvalue weighted by Crippen LogP contribution is -2.19. The van der Waals surface area contributed by atoms with E-state index in [0.717, 1.165) is 28.0 Å². The van der Waals surface area contributed by atoms with Crippen LogP contribution in [0.3, 0.4) is 0 Å². The van der Waals surface area contributed by atoms with Crippen LogP contribution < -0.4 is 10.6 Å². The molecule has 2 aromatic carbocycles. The highest BCUT2D eigenvalue weighted by Gasteiger charge is 2.12. The maximum atomic E-state index is 12.5. The van der Waals surface area contributed by atoms with Crippen LogP contribution >= 0.6 is 27.5 Å². The molecular weight excluding hydrogens is 450 g/mol. The minimum absolute atomic E-state index is 0.00667. The number of rotatable bonds is 5. The molecule has 0 radical (unpaired) electrons. The Morgan fingerprint density at radius 3 is 2.83 bits per heavy atom. The molecule has 2 atom stereocenters. The van der Waals surface area contributed by atoms with Crippen LogP contribution in [-0.2, 0) is 0 Å². The van der Waals surface area contributed by atoms with Gasteiger partial charge in [0.1, 0.15) is 11.0 Å². The van der Waals surface area contributed by atoms with E-state index in [4.69, 9.17) is 11.6 Å². The van der Waals surface area contributed by atoms with Gasteiger partial charge < -0.3 is 10.6 Å². The van der Waals surface area contributed by atoms with Crippen molar-refractivity contribution in [3.63, 3.8) is 0 Å². The lowest BCUT2D eigenvalue weighted by molar-refractivity contribution is 0.102. The maximum Gasteiger partial charge on any atom is 0.255 e. The first-order chi connectivity index (χ1) is 13.9. The van der Waals surface area contributed by atoms with E-state index in [1.54, 1.807) is 12.1 Å². The van der Waals surface area contributed by atoms with E-state index in [1.165, 1.54) is 0 Å². The van der Waals surface area contributed by atoms with E-state index in [1.807, 2.05) is 48.6 Å². The third-order valence-electron chi connectivity index (χ3n) is 4.53. The Morgan fingerprint density at radius 2 is 2.03 bits per heavy atom. The zero-order valence-corrected chi connectivity index (χ0v) is 18.7. The van der Waals surface area contributed by atoms with Crippen molar-refractivity contribution in [2.75, 3.05) is 5.32 Å². The Labute approximate surface area is 184 Å². The monoisotopic (exact) mass is 471 g/mol. The van der Waals surface area contributed by atoms with Crippen molar-refractivity contribution in [3.05, 3.63) is 88.2 Å². The van der Waals surface area contributed by atoms with E-state index >= 15 is 0 Å². The van der Waals surface area contributed by atoms with E-state index in [-0.39, 0.29) is 11.9 Å². The second-order valence-corrected chi connectivity index (χ2v) is 8.36. The molecule has 0 aromatic heterocycles. The summed E-state index contributed by atoms with van der Waals surface area (Å²) >= 11 is 9.54. The summed E-state index contributed by atoms with van der Waals surface area (Å²) in [4.78, 5) is 17.0. The Kier molecular flexibility index (Phi) is 7.29. The SMILES string of the molecule is CC1\C=C(N[C@@H](C)c2cccc(NC(=O)c3cccc(Br)c3)c2)/N=C(Cl)\C=C\C1. The molecule has 1 heterocycles. The van der Waals surface area contributed by atoms with Crippen molar-refractivity contribution in [1.29, 1.82) is 0 Å². The van der Waals surface area contributed by atoms with E-state index in [0.29, 0.717) is 16.7 Å². The van der Waals surface area contributed by atoms with Gasteiger partial charge in [0, 0.05) is 15.7 Å².